The maximum absolute atomic E-state index is 11.5. The molecule has 0 heterocycles. The minimum absolute atomic E-state index is 0.178. The number of carboxylic acids is 1. The van der Waals surface area contributed by atoms with Crippen LogP contribution in [-0.4, -0.2) is 29.3 Å². The van der Waals surface area contributed by atoms with E-state index in [9.17, 15) is 9.90 Å². The highest BCUT2D eigenvalue weighted by Gasteiger charge is 2.34. The first-order chi connectivity index (χ1) is 9.37. The number of rotatable bonds is 8. The fourth-order valence-corrected chi connectivity index (χ4v) is 2.17. The molecule has 4 nitrogen and oxygen atoms in total. The smallest absolute Gasteiger partial charge is 0.323 e. The van der Waals surface area contributed by atoms with Crippen molar-refractivity contribution in [2.24, 2.45) is 0 Å². The molecule has 0 aliphatic carbocycles. The summed E-state index contributed by atoms with van der Waals surface area (Å²) in [5.41, 5.74) is 0.166. The normalized spacial score (nSPS) is 15.4. The lowest BCUT2D eigenvalue weighted by Gasteiger charge is -2.29. The van der Waals surface area contributed by atoms with Gasteiger partial charge in [-0.3, -0.25) is 4.79 Å². The van der Waals surface area contributed by atoms with E-state index in [2.05, 4.69) is 5.32 Å². The minimum atomic E-state index is -0.959. The summed E-state index contributed by atoms with van der Waals surface area (Å²) in [5.74, 6) is -0.0635. The average Bonchev–Trinajstić information content (AvgIpc) is 2.36. The Morgan fingerprint density at radius 2 is 2.20 bits per heavy atom. The van der Waals surface area contributed by atoms with E-state index in [0.717, 1.165) is 17.7 Å². The summed E-state index contributed by atoms with van der Waals surface area (Å²) in [5, 5.41) is 12.5. The molecule has 0 aliphatic rings. The molecule has 1 rings (SSSR count). The topological polar surface area (TPSA) is 58.6 Å². The Labute approximate surface area is 121 Å². The van der Waals surface area contributed by atoms with E-state index in [4.69, 9.17) is 4.74 Å². The van der Waals surface area contributed by atoms with Gasteiger partial charge in [0.2, 0.25) is 0 Å². The van der Waals surface area contributed by atoms with Gasteiger partial charge in [0.05, 0.1) is 6.10 Å². The van der Waals surface area contributed by atoms with Crippen molar-refractivity contribution in [2.75, 3.05) is 6.54 Å². The van der Waals surface area contributed by atoms with Crippen molar-refractivity contribution in [2.45, 2.75) is 52.2 Å². The van der Waals surface area contributed by atoms with Gasteiger partial charge in [-0.2, -0.15) is 0 Å². The summed E-state index contributed by atoms with van der Waals surface area (Å²) in [4.78, 5) is 11.5. The third kappa shape index (κ3) is 4.85. The molecular formula is C16H25NO3. The molecule has 0 saturated carbocycles. The Kier molecular flexibility index (Phi) is 6.02. The number of hydrogen-bond acceptors (Lipinski definition) is 3. The van der Waals surface area contributed by atoms with E-state index in [1.165, 1.54) is 0 Å². The quantitative estimate of drug-likeness (QED) is 0.768. The summed E-state index contributed by atoms with van der Waals surface area (Å²) >= 11 is 0. The third-order valence-corrected chi connectivity index (χ3v) is 3.26. The van der Waals surface area contributed by atoms with Crippen molar-refractivity contribution in [1.82, 2.24) is 5.32 Å². The van der Waals surface area contributed by atoms with Gasteiger partial charge in [-0.25, -0.2) is 0 Å². The van der Waals surface area contributed by atoms with E-state index < -0.39 is 11.5 Å². The lowest BCUT2D eigenvalue weighted by atomic mass is 9.94. The van der Waals surface area contributed by atoms with Gasteiger partial charge in [-0.05, 0) is 51.4 Å². The summed E-state index contributed by atoms with van der Waals surface area (Å²) < 4.78 is 5.82. The average molecular weight is 279 g/mol. The number of nitrogens with one attached hydrogen (secondary N) is 1. The Morgan fingerprint density at radius 1 is 1.50 bits per heavy atom. The predicted octanol–water partition coefficient (Wildman–Crippen LogP) is 3.00. The molecule has 2 atom stereocenters. The molecule has 0 radical (unpaired) electrons. The number of aliphatic carboxylic acids is 1. The van der Waals surface area contributed by atoms with Gasteiger partial charge in [-0.15, -0.1) is 0 Å². The zero-order valence-corrected chi connectivity index (χ0v) is 12.8. The van der Waals surface area contributed by atoms with Crippen molar-refractivity contribution in [1.29, 1.82) is 0 Å². The van der Waals surface area contributed by atoms with Crippen molar-refractivity contribution < 1.29 is 14.6 Å². The molecule has 2 unspecified atom stereocenters. The van der Waals surface area contributed by atoms with E-state index >= 15 is 0 Å². The number of carboxylic acid groups (broad SMARTS) is 1. The van der Waals surface area contributed by atoms with Gasteiger partial charge in [0.1, 0.15) is 11.3 Å². The molecule has 0 saturated heterocycles. The fraction of sp³-hybridized carbons (Fsp3) is 0.562. The lowest BCUT2D eigenvalue weighted by molar-refractivity contribution is -0.145. The fourth-order valence-electron chi connectivity index (χ4n) is 2.17. The first-order valence-electron chi connectivity index (χ1n) is 7.09. The van der Waals surface area contributed by atoms with Crippen LogP contribution in [0.4, 0.5) is 0 Å². The number of aryl methyl sites for hydroxylation is 1. The van der Waals surface area contributed by atoms with Crippen LogP contribution < -0.4 is 10.1 Å². The Morgan fingerprint density at radius 3 is 2.75 bits per heavy atom. The van der Waals surface area contributed by atoms with Crippen molar-refractivity contribution in [3.8, 4) is 5.75 Å². The zero-order chi connectivity index (χ0) is 15.2. The zero-order valence-electron chi connectivity index (χ0n) is 12.8. The van der Waals surface area contributed by atoms with Crippen LogP contribution in [0, 0.1) is 6.92 Å². The van der Waals surface area contributed by atoms with Crippen LogP contribution in [-0.2, 0) is 4.79 Å². The van der Waals surface area contributed by atoms with Crippen molar-refractivity contribution >= 4 is 5.97 Å². The summed E-state index contributed by atoms with van der Waals surface area (Å²) in [7, 11) is 0. The second-order valence-corrected chi connectivity index (χ2v) is 5.51. The highest BCUT2D eigenvalue weighted by atomic mass is 16.5. The number of carbonyl (C=O) groups is 1. The molecule has 0 spiro atoms. The van der Waals surface area contributed by atoms with Crippen LogP contribution in [0.25, 0.3) is 0 Å². The molecule has 20 heavy (non-hydrogen) atoms. The molecule has 2 N–H and O–H groups in total. The van der Waals surface area contributed by atoms with E-state index in [1.54, 1.807) is 6.92 Å². The van der Waals surface area contributed by atoms with E-state index in [1.807, 2.05) is 45.0 Å². The molecule has 0 amide bonds. The van der Waals surface area contributed by atoms with E-state index in [-0.39, 0.29) is 6.10 Å². The number of benzene rings is 1. The van der Waals surface area contributed by atoms with Gasteiger partial charge in [0.15, 0.2) is 0 Å². The Balaban J connectivity index is 2.66. The molecule has 0 fully saturated rings. The highest BCUT2D eigenvalue weighted by molar-refractivity contribution is 5.78. The number of hydrogen-bond donors (Lipinski definition) is 2. The van der Waals surface area contributed by atoms with Gasteiger partial charge in [0.25, 0.3) is 0 Å². The van der Waals surface area contributed by atoms with Crippen LogP contribution in [0.3, 0.4) is 0 Å². The second-order valence-electron chi connectivity index (χ2n) is 5.51. The molecule has 0 bridgehead atoms. The van der Waals surface area contributed by atoms with Gasteiger partial charge >= 0.3 is 5.97 Å². The Bertz CT molecular complexity index is 447. The highest BCUT2D eigenvalue weighted by Crippen LogP contribution is 2.19. The predicted molar refractivity (Wildman–Crippen MR) is 80.2 cm³/mol. The second kappa shape index (κ2) is 7.29. The van der Waals surface area contributed by atoms with Crippen LogP contribution in [0.1, 0.15) is 39.2 Å². The first kappa shape index (κ1) is 16.5. The van der Waals surface area contributed by atoms with Crippen molar-refractivity contribution in [3.63, 3.8) is 0 Å². The molecular weight excluding hydrogens is 254 g/mol. The summed E-state index contributed by atoms with van der Waals surface area (Å²) in [6.45, 7) is 8.31. The van der Waals surface area contributed by atoms with Gasteiger partial charge < -0.3 is 15.2 Å². The molecule has 1 aromatic rings. The van der Waals surface area contributed by atoms with Gasteiger partial charge in [-0.1, -0.05) is 19.1 Å². The maximum atomic E-state index is 11.5. The molecule has 4 heteroatoms. The minimum Gasteiger partial charge on any atom is -0.491 e. The lowest BCUT2D eigenvalue weighted by Crippen LogP contribution is -2.52. The van der Waals surface area contributed by atoms with Crippen LogP contribution in [0.2, 0.25) is 0 Å². The SMILES string of the molecule is CCCNC(C)(CC(C)Oc1cccc(C)c1)C(=O)O. The summed E-state index contributed by atoms with van der Waals surface area (Å²) in [6, 6.07) is 7.78. The molecule has 112 valence electrons. The standard InChI is InChI=1S/C16H25NO3/c1-5-9-17-16(4,15(18)19)11-13(3)20-14-8-6-7-12(2)10-14/h6-8,10,13,17H,5,9,11H2,1-4H3,(H,18,19). The first-order valence-corrected chi connectivity index (χ1v) is 7.09. The van der Waals surface area contributed by atoms with Crippen LogP contribution in [0.15, 0.2) is 24.3 Å². The van der Waals surface area contributed by atoms with E-state index in [0.29, 0.717) is 13.0 Å². The van der Waals surface area contributed by atoms with Crippen LogP contribution in [0.5, 0.6) is 5.75 Å². The molecule has 0 aliphatic heterocycles. The largest absolute Gasteiger partial charge is 0.491 e. The van der Waals surface area contributed by atoms with Gasteiger partial charge in [0, 0.05) is 6.42 Å². The van der Waals surface area contributed by atoms with Crippen molar-refractivity contribution in [3.05, 3.63) is 29.8 Å². The number of ether oxygens (including phenoxy) is 1. The Hall–Kier alpha value is -1.55. The molecule has 0 aromatic heterocycles. The monoisotopic (exact) mass is 279 g/mol. The summed E-state index contributed by atoms with van der Waals surface area (Å²) in [6.07, 6.45) is 1.13. The molecule has 1 aromatic carbocycles. The van der Waals surface area contributed by atoms with Crippen LogP contribution >= 0.6 is 0 Å². The maximum Gasteiger partial charge on any atom is 0.323 e. The third-order valence-electron chi connectivity index (χ3n) is 3.26.